The minimum atomic E-state index is -0.540. The van der Waals surface area contributed by atoms with Crippen molar-refractivity contribution in [3.63, 3.8) is 0 Å². The van der Waals surface area contributed by atoms with Gasteiger partial charge in [0, 0.05) is 19.2 Å². The van der Waals surface area contributed by atoms with Crippen molar-refractivity contribution in [2.75, 3.05) is 13.7 Å². The van der Waals surface area contributed by atoms with Crippen LogP contribution in [0.1, 0.15) is 12.8 Å². The zero-order chi connectivity index (χ0) is 14.0. The molecule has 102 valence electrons. The van der Waals surface area contributed by atoms with Crippen LogP contribution in [-0.2, 0) is 4.79 Å². The number of carbonyl (C=O) groups is 1. The summed E-state index contributed by atoms with van der Waals surface area (Å²) in [6, 6.07) is 4.18. The number of hydrogen-bond acceptors (Lipinski definition) is 4. The minimum Gasteiger partial charge on any atom is -0.482 e. The molecule has 0 unspecified atom stereocenters. The number of benzene rings is 1. The lowest BCUT2D eigenvalue weighted by molar-refractivity contribution is -0.384. The van der Waals surface area contributed by atoms with Gasteiger partial charge in [0.05, 0.1) is 16.0 Å². The second-order valence-electron chi connectivity index (χ2n) is 4.40. The number of non-ortho nitro benzene ring substituents is 1. The fourth-order valence-electron chi connectivity index (χ4n) is 1.62. The summed E-state index contributed by atoms with van der Waals surface area (Å²) in [6.45, 7) is -0.173. The standard InChI is InChI=1S/C12H13ClN2O4/c1-14(8-2-3-8)12(16)7-19-11-6-9(15(17)18)4-5-10(11)13/h4-6,8H,2-3,7H2,1H3. The van der Waals surface area contributed by atoms with Gasteiger partial charge >= 0.3 is 0 Å². The molecule has 1 aromatic rings. The average molecular weight is 285 g/mol. The van der Waals surface area contributed by atoms with E-state index in [-0.39, 0.29) is 29.0 Å². The first-order chi connectivity index (χ1) is 8.99. The van der Waals surface area contributed by atoms with Gasteiger partial charge in [-0.05, 0) is 18.9 Å². The van der Waals surface area contributed by atoms with E-state index in [1.54, 1.807) is 11.9 Å². The Kier molecular flexibility index (Phi) is 3.90. The van der Waals surface area contributed by atoms with Crippen molar-refractivity contribution in [3.05, 3.63) is 33.3 Å². The molecule has 0 heterocycles. The van der Waals surface area contributed by atoms with Crippen LogP contribution >= 0.6 is 11.6 Å². The van der Waals surface area contributed by atoms with Crippen molar-refractivity contribution < 1.29 is 14.5 Å². The normalized spacial score (nSPS) is 14.0. The van der Waals surface area contributed by atoms with Gasteiger partial charge in [0.25, 0.3) is 11.6 Å². The Morgan fingerprint density at radius 1 is 1.58 bits per heavy atom. The molecule has 1 aliphatic rings. The van der Waals surface area contributed by atoms with E-state index >= 15 is 0 Å². The third kappa shape index (κ3) is 3.35. The predicted octanol–water partition coefficient (Wildman–Crippen LogP) is 2.25. The van der Waals surface area contributed by atoms with Gasteiger partial charge in [0.15, 0.2) is 6.61 Å². The molecule has 0 atom stereocenters. The molecule has 1 aromatic carbocycles. The first kappa shape index (κ1) is 13.6. The molecule has 0 radical (unpaired) electrons. The Hall–Kier alpha value is -1.82. The van der Waals surface area contributed by atoms with E-state index in [0.717, 1.165) is 12.8 Å². The van der Waals surface area contributed by atoms with Crippen LogP contribution in [0.25, 0.3) is 0 Å². The fraction of sp³-hybridized carbons (Fsp3) is 0.417. The first-order valence-electron chi connectivity index (χ1n) is 5.81. The summed E-state index contributed by atoms with van der Waals surface area (Å²) in [5, 5.41) is 10.9. The summed E-state index contributed by atoms with van der Waals surface area (Å²) in [5.41, 5.74) is -0.123. The largest absolute Gasteiger partial charge is 0.482 e. The summed E-state index contributed by atoms with van der Waals surface area (Å²) in [5.74, 6) is -0.0153. The summed E-state index contributed by atoms with van der Waals surface area (Å²) in [4.78, 5) is 23.5. The molecule has 1 saturated carbocycles. The van der Waals surface area contributed by atoms with Crippen molar-refractivity contribution in [1.82, 2.24) is 4.90 Å². The molecule has 0 aliphatic heterocycles. The maximum absolute atomic E-state index is 11.8. The Balaban J connectivity index is 2.00. The van der Waals surface area contributed by atoms with Crippen LogP contribution in [0.15, 0.2) is 18.2 Å². The lowest BCUT2D eigenvalue weighted by Gasteiger charge is -2.16. The number of rotatable bonds is 5. The summed E-state index contributed by atoms with van der Waals surface area (Å²) >= 11 is 5.87. The van der Waals surface area contributed by atoms with Crippen molar-refractivity contribution >= 4 is 23.2 Å². The van der Waals surface area contributed by atoms with Crippen molar-refractivity contribution in [1.29, 1.82) is 0 Å². The van der Waals surface area contributed by atoms with E-state index in [9.17, 15) is 14.9 Å². The van der Waals surface area contributed by atoms with Crippen LogP contribution < -0.4 is 4.74 Å². The van der Waals surface area contributed by atoms with Gasteiger partial charge in [0.2, 0.25) is 0 Å². The number of nitro groups is 1. The predicted molar refractivity (Wildman–Crippen MR) is 69.4 cm³/mol. The van der Waals surface area contributed by atoms with Crippen LogP contribution in [0.3, 0.4) is 0 Å². The summed E-state index contributed by atoms with van der Waals surface area (Å²) in [6.07, 6.45) is 2.03. The quantitative estimate of drug-likeness (QED) is 0.614. The highest BCUT2D eigenvalue weighted by Gasteiger charge is 2.29. The topological polar surface area (TPSA) is 72.7 Å². The third-order valence-electron chi connectivity index (χ3n) is 2.96. The van der Waals surface area contributed by atoms with Crippen LogP contribution in [0.5, 0.6) is 5.75 Å². The molecule has 0 bridgehead atoms. The zero-order valence-electron chi connectivity index (χ0n) is 10.3. The summed E-state index contributed by atoms with van der Waals surface area (Å²) in [7, 11) is 1.72. The van der Waals surface area contributed by atoms with E-state index < -0.39 is 4.92 Å². The Morgan fingerprint density at radius 3 is 2.84 bits per heavy atom. The molecular formula is C12H13ClN2O4. The maximum atomic E-state index is 11.8. The second-order valence-corrected chi connectivity index (χ2v) is 4.80. The van der Waals surface area contributed by atoms with Crippen LogP contribution in [-0.4, -0.2) is 35.4 Å². The summed E-state index contributed by atoms with van der Waals surface area (Å²) < 4.78 is 5.26. The first-order valence-corrected chi connectivity index (χ1v) is 6.19. The average Bonchev–Trinajstić information content (AvgIpc) is 3.20. The van der Waals surface area contributed by atoms with E-state index in [1.165, 1.54) is 18.2 Å². The molecule has 7 heteroatoms. The number of carbonyl (C=O) groups excluding carboxylic acids is 1. The molecule has 2 rings (SSSR count). The molecule has 1 fully saturated rings. The Labute approximate surface area is 115 Å². The molecule has 0 N–H and O–H groups in total. The van der Waals surface area contributed by atoms with Gasteiger partial charge in [-0.25, -0.2) is 0 Å². The highest BCUT2D eigenvalue weighted by molar-refractivity contribution is 6.32. The van der Waals surface area contributed by atoms with Crippen LogP contribution in [0.2, 0.25) is 5.02 Å². The van der Waals surface area contributed by atoms with Gasteiger partial charge in [-0.1, -0.05) is 11.6 Å². The Bertz CT molecular complexity index is 516. The molecule has 0 aromatic heterocycles. The smallest absolute Gasteiger partial charge is 0.273 e. The number of hydrogen-bond donors (Lipinski definition) is 0. The number of halogens is 1. The van der Waals surface area contributed by atoms with E-state index in [1.807, 2.05) is 0 Å². The maximum Gasteiger partial charge on any atom is 0.273 e. The number of amides is 1. The molecule has 6 nitrogen and oxygen atoms in total. The lowest BCUT2D eigenvalue weighted by Crippen LogP contribution is -2.33. The fourth-order valence-corrected chi connectivity index (χ4v) is 1.80. The minimum absolute atomic E-state index is 0.123. The van der Waals surface area contributed by atoms with Crippen molar-refractivity contribution in [2.24, 2.45) is 0 Å². The van der Waals surface area contributed by atoms with Gasteiger partial charge in [-0.3, -0.25) is 14.9 Å². The highest BCUT2D eigenvalue weighted by atomic mass is 35.5. The van der Waals surface area contributed by atoms with Gasteiger partial charge < -0.3 is 9.64 Å². The van der Waals surface area contributed by atoms with Gasteiger partial charge in [0.1, 0.15) is 5.75 Å². The number of ether oxygens (including phenoxy) is 1. The number of nitro benzene ring substituents is 1. The van der Waals surface area contributed by atoms with Gasteiger partial charge in [-0.15, -0.1) is 0 Å². The Morgan fingerprint density at radius 2 is 2.26 bits per heavy atom. The molecule has 0 saturated heterocycles. The SMILES string of the molecule is CN(C(=O)COc1cc([N+](=O)[O-])ccc1Cl)C1CC1. The van der Waals surface area contributed by atoms with Gasteiger partial charge in [-0.2, -0.15) is 0 Å². The van der Waals surface area contributed by atoms with Crippen LogP contribution in [0, 0.1) is 10.1 Å². The molecule has 1 amide bonds. The highest BCUT2D eigenvalue weighted by Crippen LogP contribution is 2.29. The second kappa shape index (κ2) is 5.44. The van der Waals surface area contributed by atoms with E-state index in [4.69, 9.17) is 16.3 Å². The molecule has 1 aliphatic carbocycles. The monoisotopic (exact) mass is 284 g/mol. The van der Waals surface area contributed by atoms with Crippen molar-refractivity contribution in [3.8, 4) is 5.75 Å². The zero-order valence-corrected chi connectivity index (χ0v) is 11.1. The third-order valence-corrected chi connectivity index (χ3v) is 3.28. The molecule has 19 heavy (non-hydrogen) atoms. The van der Waals surface area contributed by atoms with E-state index in [0.29, 0.717) is 6.04 Å². The molecule has 0 spiro atoms. The number of nitrogens with zero attached hydrogens (tertiary/aromatic N) is 2. The lowest BCUT2D eigenvalue weighted by atomic mass is 10.3. The molecular weight excluding hydrogens is 272 g/mol. The van der Waals surface area contributed by atoms with Crippen LogP contribution in [0.4, 0.5) is 5.69 Å². The van der Waals surface area contributed by atoms with E-state index in [2.05, 4.69) is 0 Å². The number of likely N-dealkylation sites (N-methyl/N-ethyl adjacent to an activating group) is 1. The van der Waals surface area contributed by atoms with Crippen molar-refractivity contribution in [2.45, 2.75) is 18.9 Å².